The number of nitrogens with one attached hydrogen (secondary N) is 1. The minimum absolute atomic E-state index is 0.0154. The highest BCUT2D eigenvalue weighted by atomic mass is 16.5. The first-order chi connectivity index (χ1) is 45.0. The summed E-state index contributed by atoms with van der Waals surface area (Å²) >= 11 is 0. The van der Waals surface area contributed by atoms with Crippen molar-refractivity contribution in [1.29, 1.82) is 0 Å². The zero-order valence-corrected chi connectivity index (χ0v) is 61.9. The molecule has 91 heavy (non-hydrogen) atoms. The molecule has 0 saturated carbocycles. The van der Waals surface area contributed by atoms with E-state index in [-0.39, 0.29) is 18.5 Å². The largest absolute Gasteiger partial charge is 0.466 e. The van der Waals surface area contributed by atoms with Crippen molar-refractivity contribution in [2.24, 2.45) is 0 Å². The normalized spacial score (nSPS) is 12.6. The van der Waals surface area contributed by atoms with Gasteiger partial charge >= 0.3 is 5.97 Å². The van der Waals surface area contributed by atoms with Crippen molar-refractivity contribution in [2.75, 3.05) is 13.2 Å². The number of carbonyl (C=O) groups is 2. The predicted octanol–water partition coefficient (Wildman–Crippen LogP) is 27.8. The van der Waals surface area contributed by atoms with Gasteiger partial charge in [0.1, 0.15) is 0 Å². The standard InChI is InChI=1S/C85H163NO5/c1-3-5-7-9-11-13-15-17-19-21-23-24-35-38-42-45-49-53-57-61-65-69-73-77-83(88)82(81-87)86-84(89)78-74-70-66-62-58-54-50-46-43-39-36-33-31-29-27-25-26-28-30-32-34-37-40-44-48-52-56-60-64-68-72-76-80-91-85(90)79-75-71-67-63-59-55-51-47-41-22-20-18-16-14-12-10-8-6-4-2/h12,14,18,20,28,30,82-83,87-88H,3-11,13,15-17,19,21-27,29,31-81H2,1-2H3,(H,86,89)/b14-12-,20-18-,30-28-. The summed E-state index contributed by atoms with van der Waals surface area (Å²) in [5.41, 5.74) is 0. The van der Waals surface area contributed by atoms with E-state index in [0.717, 1.165) is 51.4 Å². The van der Waals surface area contributed by atoms with Gasteiger partial charge < -0.3 is 20.3 Å². The average molecular weight is 1280 g/mol. The van der Waals surface area contributed by atoms with Gasteiger partial charge in [-0.15, -0.1) is 0 Å². The van der Waals surface area contributed by atoms with Gasteiger partial charge in [-0.3, -0.25) is 9.59 Å². The van der Waals surface area contributed by atoms with Gasteiger partial charge in [0.05, 0.1) is 25.4 Å². The first kappa shape index (κ1) is 89.1. The highest BCUT2D eigenvalue weighted by Gasteiger charge is 2.20. The Morgan fingerprint density at radius 3 is 0.868 bits per heavy atom. The number of esters is 1. The summed E-state index contributed by atoms with van der Waals surface area (Å²) in [6, 6.07) is -0.541. The first-order valence-electron chi connectivity index (χ1n) is 41.7. The van der Waals surface area contributed by atoms with Crippen molar-refractivity contribution in [1.82, 2.24) is 5.32 Å². The smallest absolute Gasteiger partial charge is 0.305 e. The Balaban J connectivity index is 3.35. The molecule has 0 bridgehead atoms. The highest BCUT2D eigenvalue weighted by molar-refractivity contribution is 5.76. The van der Waals surface area contributed by atoms with E-state index < -0.39 is 12.1 Å². The van der Waals surface area contributed by atoms with Crippen LogP contribution < -0.4 is 5.32 Å². The molecule has 3 N–H and O–H groups in total. The molecule has 0 heterocycles. The van der Waals surface area contributed by atoms with E-state index in [1.807, 2.05) is 0 Å². The van der Waals surface area contributed by atoms with Gasteiger partial charge in [-0.2, -0.15) is 0 Å². The Morgan fingerprint density at radius 2 is 0.549 bits per heavy atom. The van der Waals surface area contributed by atoms with Gasteiger partial charge in [0.15, 0.2) is 0 Å². The van der Waals surface area contributed by atoms with Crippen molar-refractivity contribution in [2.45, 2.75) is 482 Å². The van der Waals surface area contributed by atoms with E-state index in [2.05, 4.69) is 55.6 Å². The van der Waals surface area contributed by atoms with Gasteiger partial charge in [-0.05, 0) is 83.5 Å². The van der Waals surface area contributed by atoms with E-state index in [1.165, 1.54) is 385 Å². The molecule has 0 saturated heterocycles. The summed E-state index contributed by atoms with van der Waals surface area (Å²) in [5, 5.41) is 23.5. The molecule has 0 aromatic carbocycles. The van der Waals surface area contributed by atoms with Crippen LogP contribution in [0.1, 0.15) is 470 Å². The van der Waals surface area contributed by atoms with E-state index in [9.17, 15) is 19.8 Å². The van der Waals surface area contributed by atoms with Crippen molar-refractivity contribution < 1.29 is 24.5 Å². The lowest BCUT2D eigenvalue weighted by molar-refractivity contribution is -0.143. The molecule has 2 atom stereocenters. The maximum absolute atomic E-state index is 12.6. The Labute approximate surface area is 570 Å². The fourth-order valence-corrected chi connectivity index (χ4v) is 13.3. The number of aliphatic hydroxyl groups excluding tert-OH is 2. The monoisotopic (exact) mass is 1280 g/mol. The van der Waals surface area contributed by atoms with Gasteiger partial charge in [0.25, 0.3) is 0 Å². The quantitative estimate of drug-likeness (QED) is 0.0320. The van der Waals surface area contributed by atoms with Crippen LogP contribution in [-0.2, 0) is 14.3 Å². The van der Waals surface area contributed by atoms with Crippen LogP contribution in [0.25, 0.3) is 0 Å². The summed E-state index contributed by atoms with van der Waals surface area (Å²) in [5.74, 6) is -0.0114. The van der Waals surface area contributed by atoms with Crippen molar-refractivity contribution in [3.8, 4) is 0 Å². The highest BCUT2D eigenvalue weighted by Crippen LogP contribution is 2.20. The molecule has 0 aliphatic rings. The summed E-state index contributed by atoms with van der Waals surface area (Å²) in [6.45, 7) is 4.98. The van der Waals surface area contributed by atoms with Crippen LogP contribution in [0.2, 0.25) is 0 Å². The second-order valence-corrected chi connectivity index (χ2v) is 28.8. The van der Waals surface area contributed by atoms with Crippen molar-refractivity contribution in [3.05, 3.63) is 36.5 Å². The van der Waals surface area contributed by atoms with Gasteiger partial charge in [-0.25, -0.2) is 0 Å². The number of hydrogen-bond donors (Lipinski definition) is 3. The molecule has 0 radical (unpaired) electrons. The number of amides is 1. The van der Waals surface area contributed by atoms with E-state index in [4.69, 9.17) is 4.74 Å². The van der Waals surface area contributed by atoms with Crippen LogP contribution in [0.3, 0.4) is 0 Å². The fourth-order valence-electron chi connectivity index (χ4n) is 13.3. The summed E-state index contributed by atoms with van der Waals surface area (Å²) in [6.07, 6.45) is 105. The molecule has 2 unspecified atom stereocenters. The average Bonchev–Trinajstić information content (AvgIpc) is 3.66. The maximum Gasteiger partial charge on any atom is 0.305 e. The maximum atomic E-state index is 12.6. The second kappa shape index (κ2) is 80.5. The number of allylic oxidation sites excluding steroid dienone is 6. The summed E-state index contributed by atoms with van der Waals surface area (Å²) in [7, 11) is 0. The SMILES string of the molecule is CCCCC/C=C\C/C=C\CCCCCCCCCCCC(=O)OCCCCCCCCCCCCCC/C=C\CCCCCCCCCCCCCCCCCCC(=O)NC(CO)C(O)CCCCCCCCCCCCCCCCCCCCCCCCC. The van der Waals surface area contributed by atoms with Crippen molar-refractivity contribution in [3.63, 3.8) is 0 Å². The third-order valence-corrected chi connectivity index (χ3v) is 19.7. The van der Waals surface area contributed by atoms with Crippen molar-refractivity contribution >= 4 is 11.9 Å². The minimum Gasteiger partial charge on any atom is -0.466 e. The van der Waals surface area contributed by atoms with Crippen LogP contribution in [0.5, 0.6) is 0 Å². The molecule has 0 aromatic rings. The van der Waals surface area contributed by atoms with E-state index in [1.54, 1.807) is 0 Å². The summed E-state index contributed by atoms with van der Waals surface area (Å²) in [4.78, 5) is 24.7. The molecule has 0 aliphatic heterocycles. The van der Waals surface area contributed by atoms with Crippen LogP contribution in [0.4, 0.5) is 0 Å². The third-order valence-electron chi connectivity index (χ3n) is 19.7. The number of carbonyl (C=O) groups excluding carboxylic acids is 2. The third kappa shape index (κ3) is 77.0. The molecule has 1 amide bonds. The zero-order chi connectivity index (χ0) is 65.6. The lowest BCUT2D eigenvalue weighted by Gasteiger charge is -2.22. The number of ether oxygens (including phenoxy) is 1. The molecule has 0 rings (SSSR count). The number of rotatable bonds is 79. The summed E-state index contributed by atoms with van der Waals surface area (Å²) < 4.78 is 5.52. The predicted molar refractivity (Wildman–Crippen MR) is 403 cm³/mol. The van der Waals surface area contributed by atoms with Gasteiger partial charge in [0, 0.05) is 12.8 Å². The van der Waals surface area contributed by atoms with Gasteiger partial charge in [0.2, 0.25) is 5.91 Å². The van der Waals surface area contributed by atoms with Crippen LogP contribution in [0.15, 0.2) is 36.5 Å². The molecule has 538 valence electrons. The lowest BCUT2D eigenvalue weighted by Crippen LogP contribution is -2.45. The van der Waals surface area contributed by atoms with E-state index >= 15 is 0 Å². The molecule has 0 aliphatic carbocycles. The Hall–Kier alpha value is -1.92. The molecule has 0 spiro atoms. The number of unbranched alkanes of at least 4 members (excludes halogenated alkanes) is 62. The molecule has 6 heteroatoms. The molecule has 6 nitrogen and oxygen atoms in total. The van der Waals surface area contributed by atoms with Crippen LogP contribution in [-0.4, -0.2) is 47.4 Å². The van der Waals surface area contributed by atoms with E-state index in [0.29, 0.717) is 25.9 Å². The Bertz CT molecular complexity index is 1470. The van der Waals surface area contributed by atoms with Crippen LogP contribution >= 0.6 is 0 Å². The minimum atomic E-state index is -0.664. The molecule has 0 fully saturated rings. The molecule has 0 aromatic heterocycles. The van der Waals surface area contributed by atoms with Gasteiger partial charge in [-0.1, -0.05) is 410 Å². The zero-order valence-electron chi connectivity index (χ0n) is 61.9. The first-order valence-corrected chi connectivity index (χ1v) is 41.7. The number of hydrogen-bond acceptors (Lipinski definition) is 5. The molecular formula is C85H163NO5. The number of aliphatic hydroxyl groups is 2. The molecular weight excluding hydrogens is 1110 g/mol. The topological polar surface area (TPSA) is 95.9 Å². The Morgan fingerprint density at radius 1 is 0.308 bits per heavy atom. The van der Waals surface area contributed by atoms with Crippen LogP contribution in [0, 0.1) is 0 Å². The fraction of sp³-hybridized carbons (Fsp3) is 0.906. The second-order valence-electron chi connectivity index (χ2n) is 28.8. The Kier molecular flexibility index (Phi) is 78.8. The lowest BCUT2D eigenvalue weighted by atomic mass is 10.0.